The zero-order chi connectivity index (χ0) is 8.43. The third-order valence-corrected chi connectivity index (χ3v) is 2.38. The van der Waals surface area contributed by atoms with Crippen molar-refractivity contribution in [1.29, 1.82) is 0 Å². The fourth-order valence-electron chi connectivity index (χ4n) is 1.63. The average Bonchev–Trinajstić information content (AvgIpc) is 1.85. The van der Waals surface area contributed by atoms with E-state index in [4.69, 9.17) is 0 Å². The van der Waals surface area contributed by atoms with Crippen molar-refractivity contribution in [3.63, 3.8) is 0 Å². The highest BCUT2D eigenvalue weighted by Gasteiger charge is 2.28. The molecule has 1 aliphatic rings. The van der Waals surface area contributed by atoms with Crippen LogP contribution < -0.4 is 0 Å². The van der Waals surface area contributed by atoms with E-state index in [0.29, 0.717) is 12.3 Å². The van der Waals surface area contributed by atoms with E-state index in [1.807, 2.05) is 0 Å². The van der Waals surface area contributed by atoms with Crippen LogP contribution >= 0.6 is 0 Å². The summed E-state index contributed by atoms with van der Waals surface area (Å²) in [4.78, 5) is 22.1. The Kier molecular flexibility index (Phi) is 2.42. The second-order valence-corrected chi connectivity index (χ2v) is 3.52. The summed E-state index contributed by atoms with van der Waals surface area (Å²) in [5.41, 5.74) is 0. The van der Waals surface area contributed by atoms with Gasteiger partial charge >= 0.3 is 0 Å². The van der Waals surface area contributed by atoms with Gasteiger partial charge in [-0.15, -0.1) is 0 Å². The van der Waals surface area contributed by atoms with E-state index in [0.717, 1.165) is 12.8 Å². The lowest BCUT2D eigenvalue weighted by Crippen LogP contribution is -2.28. The Morgan fingerprint density at radius 3 is 2.55 bits per heavy atom. The SMILES string of the molecule is CC(=O)C1CC[C@H](C)CC1=O. The molecule has 0 spiro atoms. The molecular formula is C9H14O2. The molecule has 0 aromatic heterocycles. The summed E-state index contributed by atoms with van der Waals surface area (Å²) in [6, 6.07) is 0. The highest BCUT2D eigenvalue weighted by atomic mass is 16.1. The molecule has 2 atom stereocenters. The second-order valence-electron chi connectivity index (χ2n) is 3.52. The third kappa shape index (κ3) is 1.88. The predicted octanol–water partition coefficient (Wildman–Crippen LogP) is 1.58. The summed E-state index contributed by atoms with van der Waals surface area (Å²) in [6.45, 7) is 3.58. The van der Waals surface area contributed by atoms with Crippen molar-refractivity contribution in [2.45, 2.75) is 33.1 Å². The minimum atomic E-state index is -0.272. The third-order valence-electron chi connectivity index (χ3n) is 2.38. The quantitative estimate of drug-likeness (QED) is 0.537. The molecule has 2 heteroatoms. The van der Waals surface area contributed by atoms with E-state index in [-0.39, 0.29) is 17.5 Å². The van der Waals surface area contributed by atoms with E-state index < -0.39 is 0 Å². The Balaban J connectivity index is 2.58. The number of carbonyl (C=O) groups is 2. The summed E-state index contributed by atoms with van der Waals surface area (Å²) in [5, 5.41) is 0. The zero-order valence-electron chi connectivity index (χ0n) is 7.09. The van der Waals surface area contributed by atoms with E-state index >= 15 is 0 Å². The van der Waals surface area contributed by atoms with Crippen LogP contribution in [0.2, 0.25) is 0 Å². The van der Waals surface area contributed by atoms with E-state index in [1.54, 1.807) is 0 Å². The fraction of sp³-hybridized carbons (Fsp3) is 0.778. The Hall–Kier alpha value is -0.660. The first-order valence-electron chi connectivity index (χ1n) is 4.14. The highest BCUT2D eigenvalue weighted by molar-refractivity contribution is 6.01. The maximum atomic E-state index is 11.2. The molecule has 1 aliphatic carbocycles. The maximum absolute atomic E-state index is 11.2. The van der Waals surface area contributed by atoms with Crippen molar-refractivity contribution < 1.29 is 9.59 Å². The van der Waals surface area contributed by atoms with Gasteiger partial charge in [0.1, 0.15) is 11.6 Å². The first-order chi connectivity index (χ1) is 5.11. The van der Waals surface area contributed by atoms with Crippen molar-refractivity contribution in [3.05, 3.63) is 0 Å². The van der Waals surface area contributed by atoms with Gasteiger partial charge in [-0.3, -0.25) is 9.59 Å². The van der Waals surface area contributed by atoms with Gasteiger partial charge in [0.2, 0.25) is 0 Å². The molecule has 0 bridgehead atoms. The fourth-order valence-corrected chi connectivity index (χ4v) is 1.63. The molecule has 0 aromatic rings. The first-order valence-corrected chi connectivity index (χ1v) is 4.14. The molecule has 0 aromatic carbocycles. The van der Waals surface area contributed by atoms with Crippen molar-refractivity contribution >= 4 is 11.6 Å². The normalized spacial score (nSPS) is 32.0. The lowest BCUT2D eigenvalue weighted by molar-refractivity contribution is -0.134. The van der Waals surface area contributed by atoms with E-state index in [2.05, 4.69) is 6.92 Å². The Morgan fingerprint density at radius 2 is 2.09 bits per heavy atom. The Labute approximate surface area is 67.0 Å². The number of hydrogen-bond acceptors (Lipinski definition) is 2. The molecular weight excluding hydrogens is 140 g/mol. The number of ketones is 2. The summed E-state index contributed by atoms with van der Waals surface area (Å²) < 4.78 is 0. The van der Waals surface area contributed by atoms with Gasteiger partial charge in [-0.2, -0.15) is 0 Å². The van der Waals surface area contributed by atoms with Crippen LogP contribution in [-0.4, -0.2) is 11.6 Å². The van der Waals surface area contributed by atoms with Crippen LogP contribution in [-0.2, 0) is 9.59 Å². The molecule has 2 nitrogen and oxygen atoms in total. The van der Waals surface area contributed by atoms with Gasteiger partial charge in [0, 0.05) is 6.42 Å². The summed E-state index contributed by atoms with van der Waals surface area (Å²) >= 11 is 0. The summed E-state index contributed by atoms with van der Waals surface area (Å²) in [5.74, 6) is 0.405. The average molecular weight is 154 g/mol. The molecule has 1 rings (SSSR count). The Bertz CT molecular complexity index is 184. The van der Waals surface area contributed by atoms with Crippen LogP contribution in [0.5, 0.6) is 0 Å². The standard InChI is InChI=1S/C9H14O2/c1-6-3-4-8(7(2)10)9(11)5-6/h6,8H,3-5H2,1-2H3/t6-,8?/m0/s1. The molecule has 0 aliphatic heterocycles. The van der Waals surface area contributed by atoms with Gasteiger partial charge in [-0.05, 0) is 25.7 Å². The minimum absolute atomic E-state index is 0.0434. The number of Topliss-reactive ketones (excluding diaryl/α,β-unsaturated/α-hetero) is 2. The van der Waals surface area contributed by atoms with Gasteiger partial charge in [-0.25, -0.2) is 0 Å². The lowest BCUT2D eigenvalue weighted by atomic mass is 9.80. The largest absolute Gasteiger partial charge is 0.299 e. The van der Waals surface area contributed by atoms with Crippen LogP contribution in [0.15, 0.2) is 0 Å². The van der Waals surface area contributed by atoms with Crippen LogP contribution in [0.1, 0.15) is 33.1 Å². The van der Waals surface area contributed by atoms with Crippen molar-refractivity contribution in [2.24, 2.45) is 11.8 Å². The summed E-state index contributed by atoms with van der Waals surface area (Å²) in [6.07, 6.45) is 2.40. The molecule has 0 N–H and O–H groups in total. The molecule has 0 radical (unpaired) electrons. The highest BCUT2D eigenvalue weighted by Crippen LogP contribution is 2.25. The Morgan fingerprint density at radius 1 is 1.45 bits per heavy atom. The zero-order valence-corrected chi connectivity index (χ0v) is 7.09. The van der Waals surface area contributed by atoms with Gasteiger partial charge in [-0.1, -0.05) is 6.92 Å². The van der Waals surface area contributed by atoms with Crippen LogP contribution in [0, 0.1) is 11.8 Å². The number of rotatable bonds is 1. The predicted molar refractivity (Wildman–Crippen MR) is 42.2 cm³/mol. The van der Waals surface area contributed by atoms with Gasteiger partial charge in [0.05, 0.1) is 5.92 Å². The molecule has 1 unspecified atom stereocenters. The van der Waals surface area contributed by atoms with E-state index in [1.165, 1.54) is 6.92 Å². The molecule has 11 heavy (non-hydrogen) atoms. The molecule has 0 amide bonds. The van der Waals surface area contributed by atoms with Crippen molar-refractivity contribution in [3.8, 4) is 0 Å². The van der Waals surface area contributed by atoms with Gasteiger partial charge in [0.25, 0.3) is 0 Å². The minimum Gasteiger partial charge on any atom is -0.299 e. The van der Waals surface area contributed by atoms with Crippen molar-refractivity contribution in [1.82, 2.24) is 0 Å². The van der Waals surface area contributed by atoms with Crippen LogP contribution in [0.25, 0.3) is 0 Å². The molecule has 1 fully saturated rings. The first kappa shape index (κ1) is 8.44. The van der Waals surface area contributed by atoms with E-state index in [9.17, 15) is 9.59 Å². The smallest absolute Gasteiger partial charge is 0.143 e. The topological polar surface area (TPSA) is 34.1 Å². The molecule has 0 heterocycles. The number of carbonyl (C=O) groups excluding carboxylic acids is 2. The van der Waals surface area contributed by atoms with Crippen molar-refractivity contribution in [2.75, 3.05) is 0 Å². The van der Waals surface area contributed by atoms with Gasteiger partial charge in [0.15, 0.2) is 0 Å². The molecule has 0 saturated heterocycles. The maximum Gasteiger partial charge on any atom is 0.143 e. The van der Waals surface area contributed by atoms with Crippen LogP contribution in [0.3, 0.4) is 0 Å². The summed E-state index contributed by atoms with van der Waals surface area (Å²) in [7, 11) is 0. The number of hydrogen-bond donors (Lipinski definition) is 0. The monoisotopic (exact) mass is 154 g/mol. The second kappa shape index (κ2) is 3.16. The molecule has 62 valence electrons. The van der Waals surface area contributed by atoms with Crippen LogP contribution in [0.4, 0.5) is 0 Å². The molecule has 1 saturated carbocycles. The van der Waals surface area contributed by atoms with Gasteiger partial charge < -0.3 is 0 Å². The lowest BCUT2D eigenvalue weighted by Gasteiger charge is -2.22.